The van der Waals surface area contributed by atoms with Crippen molar-refractivity contribution >= 4 is 17.7 Å². The monoisotopic (exact) mass is 353 g/mol. The molecule has 0 atom stereocenters. The molecule has 2 aromatic heterocycles. The van der Waals surface area contributed by atoms with E-state index >= 15 is 0 Å². The van der Waals surface area contributed by atoms with Crippen molar-refractivity contribution in [2.75, 3.05) is 10.6 Å². The van der Waals surface area contributed by atoms with E-state index in [1.54, 1.807) is 6.07 Å². The Morgan fingerprint density at radius 3 is 2.56 bits per heavy atom. The molecule has 0 aromatic carbocycles. The number of anilines is 2. The SMILES string of the molecule is Cn1nc(NC(=O)Nc2cc(C3(C)CCCCC3)on2)cc1C(F)F. The Kier molecular flexibility index (Phi) is 4.73. The number of aromatic nitrogens is 3. The molecule has 1 saturated carbocycles. The van der Waals surface area contributed by atoms with E-state index in [1.807, 2.05) is 0 Å². The fourth-order valence-electron chi connectivity index (χ4n) is 3.21. The fourth-order valence-corrected chi connectivity index (χ4v) is 3.21. The number of urea groups is 1. The quantitative estimate of drug-likeness (QED) is 0.862. The molecule has 2 N–H and O–H groups in total. The largest absolute Gasteiger partial charge is 0.359 e. The predicted molar refractivity (Wildman–Crippen MR) is 87.7 cm³/mol. The number of hydrogen-bond donors (Lipinski definition) is 2. The van der Waals surface area contributed by atoms with Gasteiger partial charge in [0.25, 0.3) is 6.43 Å². The minimum absolute atomic E-state index is 0.0401. The minimum atomic E-state index is -2.66. The van der Waals surface area contributed by atoms with Crippen molar-refractivity contribution in [1.82, 2.24) is 14.9 Å². The molecule has 2 heterocycles. The van der Waals surface area contributed by atoms with Gasteiger partial charge in [-0.3, -0.25) is 15.3 Å². The van der Waals surface area contributed by atoms with Gasteiger partial charge in [0, 0.05) is 24.6 Å². The van der Waals surface area contributed by atoms with Crippen LogP contribution in [-0.2, 0) is 12.5 Å². The number of aryl methyl sites for hydroxylation is 1. The van der Waals surface area contributed by atoms with Gasteiger partial charge in [0.1, 0.15) is 11.5 Å². The molecule has 1 fully saturated rings. The number of rotatable bonds is 4. The Morgan fingerprint density at radius 1 is 1.24 bits per heavy atom. The summed E-state index contributed by atoms with van der Waals surface area (Å²) in [5, 5.41) is 12.6. The van der Waals surface area contributed by atoms with Gasteiger partial charge in [-0.15, -0.1) is 0 Å². The molecule has 136 valence electrons. The molecule has 2 aromatic rings. The van der Waals surface area contributed by atoms with Crippen molar-refractivity contribution in [3.05, 3.63) is 23.6 Å². The molecule has 25 heavy (non-hydrogen) atoms. The van der Waals surface area contributed by atoms with E-state index < -0.39 is 12.5 Å². The third-order valence-electron chi connectivity index (χ3n) is 4.68. The Labute approximate surface area is 143 Å². The number of alkyl halides is 2. The average Bonchev–Trinajstić information content (AvgIpc) is 3.15. The molecule has 2 amide bonds. The fraction of sp³-hybridized carbons (Fsp3) is 0.562. The van der Waals surface area contributed by atoms with Crippen LogP contribution in [0, 0.1) is 0 Å². The van der Waals surface area contributed by atoms with Gasteiger partial charge in [-0.1, -0.05) is 31.3 Å². The Morgan fingerprint density at radius 2 is 1.92 bits per heavy atom. The van der Waals surface area contributed by atoms with Crippen LogP contribution in [0.1, 0.15) is 56.9 Å². The first kappa shape index (κ1) is 17.4. The number of amides is 2. The number of halogens is 2. The van der Waals surface area contributed by atoms with Crippen LogP contribution in [0.15, 0.2) is 16.7 Å². The van der Waals surface area contributed by atoms with E-state index in [0.717, 1.165) is 42.2 Å². The van der Waals surface area contributed by atoms with Crippen molar-refractivity contribution in [2.24, 2.45) is 7.05 Å². The van der Waals surface area contributed by atoms with Crippen LogP contribution in [0.2, 0.25) is 0 Å². The van der Waals surface area contributed by atoms with E-state index in [9.17, 15) is 13.6 Å². The third kappa shape index (κ3) is 3.80. The summed E-state index contributed by atoms with van der Waals surface area (Å²) in [6, 6.07) is 2.22. The molecule has 0 bridgehead atoms. The lowest BCUT2D eigenvalue weighted by Crippen LogP contribution is -2.24. The minimum Gasteiger partial charge on any atom is -0.359 e. The average molecular weight is 353 g/mol. The normalized spacial score (nSPS) is 16.8. The summed E-state index contributed by atoms with van der Waals surface area (Å²) in [4.78, 5) is 12.0. The summed E-state index contributed by atoms with van der Waals surface area (Å²) in [6.45, 7) is 2.14. The van der Waals surface area contributed by atoms with Gasteiger partial charge < -0.3 is 4.52 Å². The molecule has 0 aliphatic heterocycles. The molecule has 0 saturated heterocycles. The smallest absolute Gasteiger partial charge is 0.326 e. The van der Waals surface area contributed by atoms with Crippen molar-refractivity contribution in [3.8, 4) is 0 Å². The zero-order valence-electron chi connectivity index (χ0n) is 14.2. The molecular formula is C16H21F2N5O2. The maximum atomic E-state index is 12.7. The first-order valence-corrected chi connectivity index (χ1v) is 8.25. The van der Waals surface area contributed by atoms with Gasteiger partial charge in [-0.05, 0) is 12.8 Å². The first-order valence-electron chi connectivity index (χ1n) is 8.25. The zero-order chi connectivity index (χ0) is 18.0. The van der Waals surface area contributed by atoms with Crippen LogP contribution in [0.5, 0.6) is 0 Å². The summed E-state index contributed by atoms with van der Waals surface area (Å²) >= 11 is 0. The second-order valence-electron chi connectivity index (χ2n) is 6.66. The highest BCUT2D eigenvalue weighted by atomic mass is 19.3. The van der Waals surface area contributed by atoms with Crippen LogP contribution in [0.4, 0.5) is 25.2 Å². The maximum absolute atomic E-state index is 12.7. The van der Waals surface area contributed by atoms with Crippen LogP contribution in [0.25, 0.3) is 0 Å². The van der Waals surface area contributed by atoms with Gasteiger partial charge in [0.15, 0.2) is 11.6 Å². The molecule has 1 aliphatic rings. The molecule has 7 nitrogen and oxygen atoms in total. The van der Waals surface area contributed by atoms with Crippen molar-refractivity contribution in [1.29, 1.82) is 0 Å². The van der Waals surface area contributed by atoms with E-state index in [2.05, 4.69) is 27.8 Å². The standard InChI is InChI=1S/C16H21F2N5O2/c1-16(6-4-3-5-7-16)11-9-13(22-25-11)20-15(24)19-12-8-10(14(17)18)23(2)21-12/h8-9,14H,3-7H2,1-2H3,(H2,19,20,21,22,24). The molecule has 1 aliphatic carbocycles. The predicted octanol–water partition coefficient (Wildman–Crippen LogP) is 4.21. The lowest BCUT2D eigenvalue weighted by Gasteiger charge is -2.30. The van der Waals surface area contributed by atoms with Gasteiger partial charge in [-0.2, -0.15) is 5.10 Å². The molecule has 0 unspecified atom stereocenters. The summed E-state index contributed by atoms with van der Waals surface area (Å²) in [6.07, 6.45) is 2.91. The Bertz CT molecular complexity index is 750. The number of hydrogen-bond acceptors (Lipinski definition) is 4. The first-order chi connectivity index (χ1) is 11.9. The lowest BCUT2D eigenvalue weighted by molar-refractivity contribution is 0.141. The maximum Gasteiger partial charge on any atom is 0.326 e. The highest BCUT2D eigenvalue weighted by Gasteiger charge is 2.33. The summed E-state index contributed by atoms with van der Waals surface area (Å²) < 4.78 is 31.9. The Hall–Kier alpha value is -2.45. The lowest BCUT2D eigenvalue weighted by atomic mass is 9.74. The molecule has 0 spiro atoms. The van der Waals surface area contributed by atoms with E-state index in [-0.39, 0.29) is 22.7 Å². The van der Waals surface area contributed by atoms with Crippen LogP contribution < -0.4 is 10.6 Å². The molecule has 3 rings (SSSR count). The zero-order valence-corrected chi connectivity index (χ0v) is 14.2. The van der Waals surface area contributed by atoms with Crippen molar-refractivity contribution < 1.29 is 18.1 Å². The topological polar surface area (TPSA) is 85.0 Å². The molecule has 9 heteroatoms. The Balaban J connectivity index is 1.63. The molecular weight excluding hydrogens is 332 g/mol. The summed E-state index contributed by atoms with van der Waals surface area (Å²) in [7, 11) is 1.39. The van der Waals surface area contributed by atoms with Crippen LogP contribution in [0.3, 0.4) is 0 Å². The van der Waals surface area contributed by atoms with Crippen molar-refractivity contribution in [3.63, 3.8) is 0 Å². The van der Waals surface area contributed by atoms with Gasteiger partial charge >= 0.3 is 6.03 Å². The highest BCUT2D eigenvalue weighted by molar-refractivity contribution is 5.98. The number of carbonyl (C=O) groups excluding carboxylic acids is 1. The van der Waals surface area contributed by atoms with Crippen molar-refractivity contribution in [2.45, 2.75) is 50.9 Å². The summed E-state index contributed by atoms with van der Waals surface area (Å²) in [5.74, 6) is 1.07. The second kappa shape index (κ2) is 6.81. The number of nitrogens with zero attached hydrogens (tertiary/aromatic N) is 3. The van der Waals surface area contributed by atoms with Crippen LogP contribution >= 0.6 is 0 Å². The van der Waals surface area contributed by atoms with E-state index in [4.69, 9.17) is 4.52 Å². The van der Waals surface area contributed by atoms with E-state index in [1.165, 1.54) is 13.5 Å². The second-order valence-corrected chi connectivity index (χ2v) is 6.66. The van der Waals surface area contributed by atoms with Crippen LogP contribution in [-0.4, -0.2) is 21.0 Å². The number of carbonyl (C=O) groups is 1. The van der Waals surface area contributed by atoms with Gasteiger partial charge in [0.05, 0.1) is 0 Å². The third-order valence-corrected chi connectivity index (χ3v) is 4.68. The summed E-state index contributed by atoms with van der Waals surface area (Å²) in [5.41, 5.74) is -0.335. The molecule has 0 radical (unpaired) electrons. The highest BCUT2D eigenvalue weighted by Crippen LogP contribution is 2.39. The number of nitrogens with one attached hydrogen (secondary N) is 2. The van der Waals surface area contributed by atoms with Gasteiger partial charge in [0.2, 0.25) is 0 Å². The van der Waals surface area contributed by atoms with Gasteiger partial charge in [-0.25, -0.2) is 13.6 Å². The van der Waals surface area contributed by atoms with E-state index in [0.29, 0.717) is 0 Å².